The number of hydrogen-bond donors (Lipinski definition) is 0. The maximum Gasteiger partial charge on any atom is 0.223 e. The summed E-state index contributed by atoms with van der Waals surface area (Å²) in [4.78, 5) is 19.5. The Morgan fingerprint density at radius 3 is 2.14 bits per heavy atom. The van der Waals surface area contributed by atoms with Gasteiger partial charge in [-0.25, -0.2) is 0 Å². The van der Waals surface area contributed by atoms with Gasteiger partial charge in [0.25, 0.3) is 0 Å². The minimum Gasteiger partial charge on any atom is -0.368 e. The van der Waals surface area contributed by atoms with Crippen LogP contribution in [0.5, 0.6) is 0 Å². The number of halogens is 2. The molecule has 3 aromatic carbocycles. The molecule has 0 unspecified atom stereocenters. The van der Waals surface area contributed by atoms with Crippen LogP contribution in [-0.2, 0) is 4.79 Å². The van der Waals surface area contributed by atoms with Gasteiger partial charge in [0.2, 0.25) is 5.91 Å². The summed E-state index contributed by atoms with van der Waals surface area (Å²) in [6, 6.07) is 25.5. The van der Waals surface area contributed by atoms with Gasteiger partial charge in [-0.2, -0.15) is 0 Å². The largest absolute Gasteiger partial charge is 0.368 e. The van der Waals surface area contributed by atoms with Crippen LogP contribution in [0.3, 0.4) is 0 Å². The summed E-state index contributed by atoms with van der Waals surface area (Å²) in [5.41, 5.74) is 6.75. The first-order chi connectivity index (χ1) is 16.6. The molecule has 0 N–H and O–H groups in total. The van der Waals surface area contributed by atoms with Crippen LogP contribution < -0.4 is 4.90 Å². The molecular formula is C29H33Cl2N3O. The lowest BCUT2D eigenvalue weighted by Crippen LogP contribution is -2.49. The Kier molecular flexibility index (Phi) is 8.38. The number of anilines is 1. The average Bonchev–Trinajstić information content (AvgIpc) is 3.20. The zero-order valence-electron chi connectivity index (χ0n) is 20.2. The minimum absolute atomic E-state index is 0. The lowest BCUT2D eigenvalue weighted by molar-refractivity contribution is -0.131. The molecule has 1 fully saturated rings. The standard InChI is InChI=1S/C29H32ClN3O.ClH/c1-31(15-13-28-26-11-4-2-9-24(26)25-10-3-5-12-27(25)28)16-14-29(34)33-19-17-32(18-20-33)23-8-6-7-22(30)21-23;/h2-12,21,28H,13-20H2,1H3;1H. The van der Waals surface area contributed by atoms with Crippen LogP contribution in [0.15, 0.2) is 72.8 Å². The van der Waals surface area contributed by atoms with E-state index in [-0.39, 0.29) is 18.3 Å². The lowest BCUT2D eigenvalue weighted by atomic mass is 9.93. The molecule has 1 heterocycles. The number of piperazine rings is 1. The molecule has 0 spiro atoms. The summed E-state index contributed by atoms with van der Waals surface area (Å²) >= 11 is 6.14. The summed E-state index contributed by atoms with van der Waals surface area (Å²) in [7, 11) is 2.14. The van der Waals surface area contributed by atoms with Crippen LogP contribution in [0.25, 0.3) is 11.1 Å². The molecule has 1 saturated heterocycles. The van der Waals surface area contributed by atoms with Crippen molar-refractivity contribution in [1.82, 2.24) is 9.80 Å². The zero-order chi connectivity index (χ0) is 23.5. The van der Waals surface area contributed by atoms with Crippen LogP contribution in [0.1, 0.15) is 29.9 Å². The van der Waals surface area contributed by atoms with Crippen LogP contribution in [0.2, 0.25) is 5.02 Å². The van der Waals surface area contributed by atoms with Gasteiger partial charge < -0.3 is 14.7 Å². The molecule has 35 heavy (non-hydrogen) atoms. The molecule has 1 aliphatic carbocycles. The van der Waals surface area contributed by atoms with Gasteiger partial charge in [0.15, 0.2) is 0 Å². The molecule has 0 aromatic heterocycles. The second-order valence-corrected chi connectivity index (χ2v) is 9.85. The van der Waals surface area contributed by atoms with E-state index < -0.39 is 0 Å². The van der Waals surface area contributed by atoms with Crippen LogP contribution in [0, 0.1) is 0 Å². The third-order valence-corrected chi connectivity index (χ3v) is 7.51. The van der Waals surface area contributed by atoms with Gasteiger partial charge in [0, 0.05) is 55.8 Å². The molecule has 4 nitrogen and oxygen atoms in total. The molecule has 3 aromatic rings. The first kappa shape index (κ1) is 25.6. The Morgan fingerprint density at radius 1 is 0.886 bits per heavy atom. The second kappa shape index (κ2) is 11.5. The van der Waals surface area contributed by atoms with Gasteiger partial charge in [-0.3, -0.25) is 4.79 Å². The van der Waals surface area contributed by atoms with E-state index in [9.17, 15) is 4.79 Å². The molecule has 6 heteroatoms. The van der Waals surface area contributed by atoms with Crippen molar-refractivity contribution in [2.24, 2.45) is 0 Å². The Morgan fingerprint density at radius 2 is 1.51 bits per heavy atom. The van der Waals surface area contributed by atoms with E-state index in [2.05, 4.69) is 71.4 Å². The lowest BCUT2D eigenvalue weighted by Gasteiger charge is -2.36. The van der Waals surface area contributed by atoms with E-state index in [1.807, 2.05) is 23.1 Å². The highest BCUT2D eigenvalue weighted by atomic mass is 35.5. The first-order valence-corrected chi connectivity index (χ1v) is 12.6. The molecule has 0 radical (unpaired) electrons. The topological polar surface area (TPSA) is 26.8 Å². The van der Waals surface area contributed by atoms with Crippen molar-refractivity contribution in [2.75, 3.05) is 51.2 Å². The van der Waals surface area contributed by atoms with Gasteiger partial charge >= 0.3 is 0 Å². The highest BCUT2D eigenvalue weighted by Crippen LogP contribution is 2.46. The molecule has 1 amide bonds. The number of hydrogen-bond acceptors (Lipinski definition) is 3. The molecule has 0 saturated carbocycles. The van der Waals surface area contributed by atoms with Crippen LogP contribution in [0.4, 0.5) is 5.69 Å². The predicted octanol–water partition coefficient (Wildman–Crippen LogP) is 5.93. The number of carbonyl (C=O) groups excluding carboxylic acids is 1. The SMILES string of the molecule is CN(CCC(=O)N1CCN(c2cccc(Cl)c2)CC1)CCC1c2ccccc2-c2ccccc21.Cl. The molecule has 0 atom stereocenters. The van der Waals surface area contributed by atoms with Gasteiger partial charge in [0.05, 0.1) is 0 Å². The summed E-state index contributed by atoms with van der Waals surface area (Å²) in [6.07, 6.45) is 1.64. The summed E-state index contributed by atoms with van der Waals surface area (Å²) in [5, 5.41) is 0.753. The predicted molar refractivity (Wildman–Crippen MR) is 148 cm³/mol. The Balaban J connectivity index is 0.00000289. The summed E-state index contributed by atoms with van der Waals surface area (Å²) in [6.45, 7) is 5.01. The third kappa shape index (κ3) is 5.66. The normalized spacial score (nSPS) is 15.1. The second-order valence-electron chi connectivity index (χ2n) is 9.42. The van der Waals surface area contributed by atoms with Crippen LogP contribution >= 0.6 is 24.0 Å². The van der Waals surface area contributed by atoms with Crippen molar-refractivity contribution in [3.05, 3.63) is 88.9 Å². The number of amides is 1. The summed E-state index contributed by atoms with van der Waals surface area (Å²) < 4.78 is 0. The highest BCUT2D eigenvalue weighted by Gasteiger charge is 2.28. The maximum atomic E-state index is 12.8. The Hall–Kier alpha value is -2.53. The van der Waals surface area contributed by atoms with E-state index in [1.165, 1.54) is 22.3 Å². The molecule has 184 valence electrons. The molecular weight excluding hydrogens is 477 g/mol. The van der Waals surface area contributed by atoms with Gasteiger partial charge in [-0.15, -0.1) is 12.4 Å². The van der Waals surface area contributed by atoms with Gasteiger partial charge in [-0.05, 0) is 60.5 Å². The molecule has 2 aliphatic rings. The fourth-order valence-corrected chi connectivity index (χ4v) is 5.55. The minimum atomic E-state index is 0. The zero-order valence-corrected chi connectivity index (χ0v) is 21.8. The fraction of sp³-hybridized carbons (Fsp3) is 0.345. The average molecular weight is 511 g/mol. The van der Waals surface area contributed by atoms with Crippen molar-refractivity contribution >= 4 is 35.6 Å². The van der Waals surface area contributed by atoms with Crippen molar-refractivity contribution in [3.63, 3.8) is 0 Å². The summed E-state index contributed by atoms with van der Waals surface area (Å²) in [5.74, 6) is 0.694. The fourth-order valence-electron chi connectivity index (χ4n) is 5.36. The number of benzene rings is 3. The number of fused-ring (bicyclic) bond motifs is 3. The van der Waals surface area contributed by atoms with Gasteiger partial charge in [-0.1, -0.05) is 66.2 Å². The monoisotopic (exact) mass is 509 g/mol. The number of nitrogens with zero attached hydrogens (tertiary/aromatic N) is 3. The Bertz CT molecular complexity index is 1110. The van der Waals surface area contributed by atoms with E-state index >= 15 is 0 Å². The van der Waals surface area contributed by atoms with Gasteiger partial charge in [0.1, 0.15) is 0 Å². The van der Waals surface area contributed by atoms with Crippen molar-refractivity contribution in [2.45, 2.75) is 18.8 Å². The quantitative estimate of drug-likeness (QED) is 0.394. The first-order valence-electron chi connectivity index (χ1n) is 12.3. The molecule has 0 bridgehead atoms. The van der Waals surface area contributed by atoms with Crippen LogP contribution in [-0.4, -0.2) is 62.0 Å². The van der Waals surface area contributed by atoms with E-state index in [4.69, 9.17) is 11.6 Å². The highest BCUT2D eigenvalue weighted by molar-refractivity contribution is 6.30. The Labute approximate surface area is 219 Å². The van der Waals surface area contributed by atoms with E-state index in [0.717, 1.165) is 56.4 Å². The van der Waals surface area contributed by atoms with E-state index in [0.29, 0.717) is 12.3 Å². The maximum absolute atomic E-state index is 12.8. The molecule has 1 aliphatic heterocycles. The van der Waals surface area contributed by atoms with E-state index in [1.54, 1.807) is 0 Å². The number of rotatable bonds is 7. The van der Waals surface area contributed by atoms with Crippen molar-refractivity contribution in [1.29, 1.82) is 0 Å². The third-order valence-electron chi connectivity index (χ3n) is 7.28. The van der Waals surface area contributed by atoms with Crippen molar-refractivity contribution < 1.29 is 4.79 Å². The molecule has 5 rings (SSSR count). The van der Waals surface area contributed by atoms with Crippen molar-refractivity contribution in [3.8, 4) is 11.1 Å². The number of carbonyl (C=O) groups is 1. The smallest absolute Gasteiger partial charge is 0.223 e.